The second-order valence-corrected chi connectivity index (χ2v) is 2.72. The molecule has 1 fully saturated rings. The number of amides is 1. The summed E-state index contributed by atoms with van der Waals surface area (Å²) in [7, 11) is 0. The molecule has 2 aliphatic rings. The van der Waals surface area contributed by atoms with Crippen molar-refractivity contribution in [2.24, 2.45) is 0 Å². The van der Waals surface area contributed by atoms with Crippen LogP contribution in [0.1, 0.15) is 0 Å². The minimum absolute atomic E-state index is 0.160. The predicted octanol–water partition coefficient (Wildman–Crippen LogP) is -0.262. The molecule has 0 aromatic rings. The van der Waals surface area contributed by atoms with Crippen molar-refractivity contribution in [1.29, 1.82) is 0 Å². The number of carbonyl (C=O) groups is 1. The molecular formula is C7H9NO3. The molecule has 1 saturated heterocycles. The van der Waals surface area contributed by atoms with Gasteiger partial charge in [0.25, 0.3) is 0 Å². The minimum atomic E-state index is -0.560. The number of carbonyl (C=O) groups excluding carboxylic acids is 1. The molecule has 60 valence electrons. The molecule has 0 radical (unpaired) electrons. The van der Waals surface area contributed by atoms with Crippen molar-refractivity contribution >= 4 is 6.09 Å². The number of fused-ring (bicyclic) bond motifs is 1. The standard InChI is InChI=1S/C7H9NO3/c9-6-2-1-3-8-5(6)4-11-7(8)10/h1-2,5-6,9H,3-4H2/t5-,6+/m0/s1. The third kappa shape index (κ3) is 0.903. The van der Waals surface area contributed by atoms with Gasteiger partial charge in [0.05, 0.1) is 12.1 Å². The van der Waals surface area contributed by atoms with E-state index in [0.717, 1.165) is 0 Å². The number of hydrogen-bond acceptors (Lipinski definition) is 3. The Labute approximate surface area is 64.1 Å². The van der Waals surface area contributed by atoms with Crippen molar-refractivity contribution in [3.63, 3.8) is 0 Å². The molecule has 11 heavy (non-hydrogen) atoms. The molecule has 4 nitrogen and oxygen atoms in total. The van der Waals surface area contributed by atoms with Gasteiger partial charge in [-0.3, -0.25) is 4.90 Å². The monoisotopic (exact) mass is 155 g/mol. The van der Waals surface area contributed by atoms with Crippen LogP contribution in [0.3, 0.4) is 0 Å². The molecule has 2 rings (SSSR count). The van der Waals surface area contributed by atoms with Crippen LogP contribution in [-0.4, -0.2) is 41.4 Å². The van der Waals surface area contributed by atoms with Crippen LogP contribution in [0, 0.1) is 0 Å². The molecule has 0 unspecified atom stereocenters. The lowest BCUT2D eigenvalue weighted by Crippen LogP contribution is -2.43. The van der Waals surface area contributed by atoms with Crippen LogP contribution >= 0.6 is 0 Å². The maximum atomic E-state index is 10.9. The van der Waals surface area contributed by atoms with Crippen molar-refractivity contribution in [2.45, 2.75) is 12.1 Å². The minimum Gasteiger partial charge on any atom is -0.447 e. The maximum absolute atomic E-state index is 10.9. The average Bonchev–Trinajstić information content (AvgIpc) is 2.35. The number of aliphatic hydroxyl groups is 1. The summed E-state index contributed by atoms with van der Waals surface area (Å²) in [5, 5.41) is 9.34. The summed E-state index contributed by atoms with van der Waals surface area (Å²) < 4.78 is 4.76. The van der Waals surface area contributed by atoms with E-state index in [1.165, 1.54) is 4.90 Å². The van der Waals surface area contributed by atoms with Crippen LogP contribution in [-0.2, 0) is 4.74 Å². The highest BCUT2D eigenvalue weighted by Crippen LogP contribution is 2.19. The van der Waals surface area contributed by atoms with E-state index < -0.39 is 6.10 Å². The smallest absolute Gasteiger partial charge is 0.410 e. The highest BCUT2D eigenvalue weighted by Gasteiger charge is 2.37. The lowest BCUT2D eigenvalue weighted by atomic mass is 10.1. The van der Waals surface area contributed by atoms with E-state index in [4.69, 9.17) is 4.74 Å². The normalized spacial score (nSPS) is 35.4. The zero-order valence-electron chi connectivity index (χ0n) is 5.93. The van der Waals surface area contributed by atoms with Crippen LogP contribution in [0.4, 0.5) is 4.79 Å². The molecule has 0 bridgehead atoms. The Morgan fingerprint density at radius 3 is 3.27 bits per heavy atom. The van der Waals surface area contributed by atoms with Crippen LogP contribution < -0.4 is 0 Å². The van der Waals surface area contributed by atoms with E-state index in [0.29, 0.717) is 13.2 Å². The van der Waals surface area contributed by atoms with E-state index in [1.807, 2.05) is 0 Å². The number of ether oxygens (including phenoxy) is 1. The number of hydrogen-bond donors (Lipinski definition) is 1. The molecule has 2 atom stereocenters. The van der Waals surface area contributed by atoms with E-state index in [9.17, 15) is 9.90 Å². The van der Waals surface area contributed by atoms with Gasteiger partial charge in [-0.15, -0.1) is 0 Å². The fourth-order valence-electron chi connectivity index (χ4n) is 1.40. The van der Waals surface area contributed by atoms with E-state index in [-0.39, 0.29) is 12.1 Å². The zero-order chi connectivity index (χ0) is 7.84. The fourth-order valence-corrected chi connectivity index (χ4v) is 1.40. The largest absolute Gasteiger partial charge is 0.447 e. The molecule has 0 aromatic carbocycles. The Hall–Kier alpha value is -1.03. The molecular weight excluding hydrogens is 146 g/mol. The van der Waals surface area contributed by atoms with E-state index >= 15 is 0 Å². The predicted molar refractivity (Wildman–Crippen MR) is 37.0 cm³/mol. The molecule has 1 N–H and O–H groups in total. The van der Waals surface area contributed by atoms with Crippen molar-refractivity contribution in [1.82, 2.24) is 4.90 Å². The Morgan fingerprint density at radius 2 is 2.55 bits per heavy atom. The third-order valence-electron chi connectivity index (χ3n) is 2.04. The second-order valence-electron chi connectivity index (χ2n) is 2.72. The quantitative estimate of drug-likeness (QED) is 0.490. The summed E-state index contributed by atoms with van der Waals surface area (Å²) >= 11 is 0. The molecule has 2 heterocycles. The first-order valence-corrected chi connectivity index (χ1v) is 3.57. The number of cyclic esters (lactones) is 1. The SMILES string of the molecule is O=C1OC[C@H]2[C@H](O)C=CCN12. The zero-order valence-corrected chi connectivity index (χ0v) is 5.93. The van der Waals surface area contributed by atoms with Gasteiger partial charge in [0.2, 0.25) is 0 Å². The molecule has 4 heteroatoms. The first kappa shape index (κ1) is 6.67. The maximum Gasteiger partial charge on any atom is 0.410 e. The van der Waals surface area contributed by atoms with Crippen LogP contribution in [0.25, 0.3) is 0 Å². The second kappa shape index (κ2) is 2.23. The first-order valence-electron chi connectivity index (χ1n) is 3.57. The third-order valence-corrected chi connectivity index (χ3v) is 2.04. The van der Waals surface area contributed by atoms with Crippen molar-refractivity contribution in [2.75, 3.05) is 13.2 Å². The Kier molecular flexibility index (Phi) is 1.35. The van der Waals surface area contributed by atoms with Gasteiger partial charge in [-0.25, -0.2) is 4.79 Å². The summed E-state index contributed by atoms with van der Waals surface area (Å²) in [5.74, 6) is 0. The van der Waals surface area contributed by atoms with Gasteiger partial charge in [-0.05, 0) is 0 Å². The van der Waals surface area contributed by atoms with E-state index in [2.05, 4.69) is 0 Å². The van der Waals surface area contributed by atoms with Gasteiger partial charge < -0.3 is 9.84 Å². The summed E-state index contributed by atoms with van der Waals surface area (Å²) in [5.41, 5.74) is 0. The van der Waals surface area contributed by atoms with Gasteiger partial charge in [-0.2, -0.15) is 0 Å². The molecule has 0 aromatic heterocycles. The molecule has 0 aliphatic carbocycles. The van der Waals surface area contributed by atoms with E-state index in [1.54, 1.807) is 12.2 Å². The molecule has 2 aliphatic heterocycles. The van der Waals surface area contributed by atoms with Gasteiger partial charge in [0.15, 0.2) is 0 Å². The Balaban J connectivity index is 2.21. The van der Waals surface area contributed by atoms with Crippen LogP contribution in [0.5, 0.6) is 0 Å². The number of rotatable bonds is 0. The lowest BCUT2D eigenvalue weighted by Gasteiger charge is -2.26. The lowest BCUT2D eigenvalue weighted by molar-refractivity contribution is 0.118. The highest BCUT2D eigenvalue weighted by atomic mass is 16.6. The van der Waals surface area contributed by atoms with Gasteiger partial charge in [0, 0.05) is 6.54 Å². The number of nitrogens with zero attached hydrogens (tertiary/aromatic N) is 1. The van der Waals surface area contributed by atoms with Gasteiger partial charge >= 0.3 is 6.09 Å². The van der Waals surface area contributed by atoms with Crippen molar-refractivity contribution in [3.05, 3.63) is 12.2 Å². The highest BCUT2D eigenvalue weighted by molar-refractivity contribution is 5.70. The van der Waals surface area contributed by atoms with Gasteiger partial charge in [-0.1, -0.05) is 12.2 Å². The Morgan fingerprint density at radius 1 is 1.73 bits per heavy atom. The average molecular weight is 155 g/mol. The Bertz CT molecular complexity index is 214. The molecule has 0 saturated carbocycles. The summed E-state index contributed by atoms with van der Waals surface area (Å²) in [6.07, 6.45) is 2.59. The molecule has 0 spiro atoms. The van der Waals surface area contributed by atoms with Crippen LogP contribution in [0.2, 0.25) is 0 Å². The van der Waals surface area contributed by atoms with Crippen LogP contribution in [0.15, 0.2) is 12.2 Å². The summed E-state index contributed by atoms with van der Waals surface area (Å²) in [6, 6.07) is -0.160. The summed E-state index contributed by atoms with van der Waals surface area (Å²) in [6.45, 7) is 0.866. The molecule has 1 amide bonds. The topological polar surface area (TPSA) is 49.8 Å². The van der Waals surface area contributed by atoms with Gasteiger partial charge in [0.1, 0.15) is 6.61 Å². The number of aliphatic hydroxyl groups excluding tert-OH is 1. The fraction of sp³-hybridized carbons (Fsp3) is 0.571. The summed E-state index contributed by atoms with van der Waals surface area (Å²) in [4.78, 5) is 12.4. The van der Waals surface area contributed by atoms with Crippen molar-refractivity contribution in [3.8, 4) is 0 Å². The van der Waals surface area contributed by atoms with Crippen molar-refractivity contribution < 1.29 is 14.6 Å². The first-order chi connectivity index (χ1) is 5.29.